The lowest BCUT2D eigenvalue weighted by Gasteiger charge is -2.29. The molecule has 2 amide bonds. The molecule has 0 aromatic heterocycles. The Morgan fingerprint density at radius 3 is 2.29 bits per heavy atom. The van der Waals surface area contributed by atoms with Crippen molar-refractivity contribution in [3.05, 3.63) is 65.2 Å². The van der Waals surface area contributed by atoms with Gasteiger partial charge in [-0.3, -0.25) is 9.59 Å². The van der Waals surface area contributed by atoms with Crippen molar-refractivity contribution in [1.82, 2.24) is 10.2 Å². The van der Waals surface area contributed by atoms with Crippen LogP contribution in [0.25, 0.3) is 0 Å². The number of carbonyl (C=O) groups excluding carboxylic acids is 2. The van der Waals surface area contributed by atoms with Crippen LogP contribution in [-0.4, -0.2) is 34.6 Å². The molecule has 0 unspecified atom stereocenters. The first-order valence-corrected chi connectivity index (χ1v) is 10.8. The predicted molar refractivity (Wildman–Crippen MR) is 117 cm³/mol. The van der Waals surface area contributed by atoms with Crippen molar-refractivity contribution >= 4 is 35.2 Å². The Morgan fingerprint density at radius 1 is 1.04 bits per heavy atom. The van der Waals surface area contributed by atoms with Crippen molar-refractivity contribution in [2.24, 2.45) is 0 Å². The summed E-state index contributed by atoms with van der Waals surface area (Å²) in [6.07, 6.45) is 0.368. The highest BCUT2D eigenvalue weighted by atomic mass is 35.5. The SMILES string of the molecule is CC(C)NC(=O)[C@H](C)N(Cc1ccc(Cl)cc1)C(=O)CCSc1ccccc1. The zero-order chi connectivity index (χ0) is 20.5. The van der Waals surface area contributed by atoms with Crippen LogP contribution >= 0.6 is 23.4 Å². The zero-order valence-corrected chi connectivity index (χ0v) is 18.1. The Hall–Kier alpha value is -1.98. The van der Waals surface area contributed by atoms with E-state index in [-0.39, 0.29) is 17.9 Å². The van der Waals surface area contributed by atoms with Crippen molar-refractivity contribution in [1.29, 1.82) is 0 Å². The van der Waals surface area contributed by atoms with Crippen LogP contribution in [0.5, 0.6) is 0 Å². The standard InChI is InChI=1S/C22H27ClN2O2S/c1-16(2)24-22(27)17(3)25(15-18-9-11-19(23)12-10-18)21(26)13-14-28-20-7-5-4-6-8-20/h4-12,16-17H,13-15H2,1-3H3,(H,24,27)/t17-/m0/s1. The Balaban J connectivity index is 2.05. The van der Waals surface area contributed by atoms with E-state index in [0.29, 0.717) is 23.7 Å². The van der Waals surface area contributed by atoms with E-state index in [1.807, 2.05) is 56.3 Å². The summed E-state index contributed by atoms with van der Waals surface area (Å²) in [6.45, 7) is 5.97. The van der Waals surface area contributed by atoms with Gasteiger partial charge in [0, 0.05) is 34.7 Å². The fourth-order valence-electron chi connectivity index (χ4n) is 2.69. The van der Waals surface area contributed by atoms with Crippen LogP contribution < -0.4 is 5.32 Å². The molecule has 2 aromatic rings. The van der Waals surface area contributed by atoms with Gasteiger partial charge >= 0.3 is 0 Å². The normalized spacial score (nSPS) is 11.9. The lowest BCUT2D eigenvalue weighted by atomic mass is 10.1. The van der Waals surface area contributed by atoms with Gasteiger partial charge in [-0.25, -0.2) is 0 Å². The van der Waals surface area contributed by atoms with E-state index in [0.717, 1.165) is 10.5 Å². The predicted octanol–water partition coefficient (Wildman–Crippen LogP) is 4.76. The third-order valence-electron chi connectivity index (χ3n) is 4.19. The van der Waals surface area contributed by atoms with Crippen LogP contribution in [0, 0.1) is 0 Å². The molecule has 0 fully saturated rings. The van der Waals surface area contributed by atoms with Crippen LogP contribution in [0.2, 0.25) is 5.02 Å². The molecule has 0 saturated heterocycles. The largest absolute Gasteiger partial charge is 0.352 e. The van der Waals surface area contributed by atoms with E-state index in [1.165, 1.54) is 0 Å². The molecule has 4 nitrogen and oxygen atoms in total. The van der Waals surface area contributed by atoms with Gasteiger partial charge in [0.25, 0.3) is 0 Å². The zero-order valence-electron chi connectivity index (χ0n) is 16.5. The minimum Gasteiger partial charge on any atom is -0.352 e. The number of nitrogens with one attached hydrogen (secondary N) is 1. The summed E-state index contributed by atoms with van der Waals surface area (Å²) in [5.41, 5.74) is 0.942. The van der Waals surface area contributed by atoms with Gasteiger partial charge < -0.3 is 10.2 Å². The van der Waals surface area contributed by atoms with Gasteiger partial charge in [0.1, 0.15) is 6.04 Å². The molecule has 6 heteroatoms. The lowest BCUT2D eigenvalue weighted by molar-refractivity contribution is -0.140. The second-order valence-electron chi connectivity index (χ2n) is 6.90. The summed E-state index contributed by atoms with van der Waals surface area (Å²) < 4.78 is 0. The second-order valence-corrected chi connectivity index (χ2v) is 8.50. The smallest absolute Gasteiger partial charge is 0.242 e. The van der Waals surface area contributed by atoms with E-state index in [1.54, 1.807) is 35.7 Å². The molecule has 0 aliphatic carbocycles. The van der Waals surface area contributed by atoms with E-state index < -0.39 is 6.04 Å². The minimum absolute atomic E-state index is 0.0241. The number of hydrogen-bond donors (Lipinski definition) is 1. The molecule has 1 N–H and O–H groups in total. The highest BCUT2D eigenvalue weighted by Gasteiger charge is 2.26. The average Bonchev–Trinajstić information content (AvgIpc) is 2.67. The van der Waals surface area contributed by atoms with E-state index >= 15 is 0 Å². The molecule has 0 bridgehead atoms. The molecule has 0 radical (unpaired) electrons. The van der Waals surface area contributed by atoms with Crippen LogP contribution in [-0.2, 0) is 16.1 Å². The highest BCUT2D eigenvalue weighted by molar-refractivity contribution is 7.99. The van der Waals surface area contributed by atoms with Crippen molar-refractivity contribution < 1.29 is 9.59 Å². The fraction of sp³-hybridized carbons (Fsp3) is 0.364. The van der Waals surface area contributed by atoms with E-state index in [4.69, 9.17) is 11.6 Å². The van der Waals surface area contributed by atoms with Gasteiger partial charge in [0.2, 0.25) is 11.8 Å². The van der Waals surface area contributed by atoms with Gasteiger partial charge in [-0.15, -0.1) is 11.8 Å². The van der Waals surface area contributed by atoms with E-state index in [9.17, 15) is 9.59 Å². The molecule has 0 spiro atoms. The van der Waals surface area contributed by atoms with Crippen LogP contribution in [0.4, 0.5) is 0 Å². The van der Waals surface area contributed by atoms with Crippen molar-refractivity contribution in [3.63, 3.8) is 0 Å². The van der Waals surface area contributed by atoms with Crippen molar-refractivity contribution in [3.8, 4) is 0 Å². The van der Waals surface area contributed by atoms with Gasteiger partial charge in [0.05, 0.1) is 0 Å². The molecular weight excluding hydrogens is 392 g/mol. The number of hydrogen-bond acceptors (Lipinski definition) is 3. The lowest BCUT2D eigenvalue weighted by Crippen LogP contribution is -2.49. The van der Waals surface area contributed by atoms with Crippen LogP contribution in [0.15, 0.2) is 59.5 Å². The third kappa shape index (κ3) is 7.21. The number of amides is 2. The highest BCUT2D eigenvalue weighted by Crippen LogP contribution is 2.20. The quantitative estimate of drug-likeness (QED) is 0.597. The monoisotopic (exact) mass is 418 g/mol. The Kier molecular flexibility index (Phi) is 8.87. The average molecular weight is 419 g/mol. The summed E-state index contributed by atoms with van der Waals surface area (Å²) in [5, 5.41) is 3.54. The van der Waals surface area contributed by atoms with Gasteiger partial charge in [-0.2, -0.15) is 0 Å². The topological polar surface area (TPSA) is 49.4 Å². The number of halogens is 1. The Labute approximate surface area is 176 Å². The van der Waals surface area contributed by atoms with Gasteiger partial charge in [-0.1, -0.05) is 41.9 Å². The summed E-state index contributed by atoms with van der Waals surface area (Å²) in [7, 11) is 0. The van der Waals surface area contributed by atoms with Crippen LogP contribution in [0.3, 0.4) is 0 Å². The number of rotatable bonds is 9. The first-order valence-electron chi connectivity index (χ1n) is 9.39. The van der Waals surface area contributed by atoms with Crippen molar-refractivity contribution in [2.75, 3.05) is 5.75 Å². The Morgan fingerprint density at radius 2 is 1.68 bits per heavy atom. The van der Waals surface area contributed by atoms with Crippen LogP contribution in [0.1, 0.15) is 32.8 Å². The molecular formula is C22H27ClN2O2S. The van der Waals surface area contributed by atoms with Crippen molar-refractivity contribution in [2.45, 2.75) is 50.7 Å². The summed E-state index contributed by atoms with van der Waals surface area (Å²) >= 11 is 7.60. The third-order valence-corrected chi connectivity index (χ3v) is 5.46. The molecule has 1 atom stereocenters. The molecule has 2 rings (SSSR count). The van der Waals surface area contributed by atoms with Gasteiger partial charge in [0.15, 0.2) is 0 Å². The fourth-order valence-corrected chi connectivity index (χ4v) is 3.68. The molecule has 0 saturated carbocycles. The molecule has 0 aliphatic heterocycles. The molecule has 28 heavy (non-hydrogen) atoms. The number of nitrogens with zero attached hydrogens (tertiary/aromatic N) is 1. The maximum absolute atomic E-state index is 12.9. The summed E-state index contributed by atoms with van der Waals surface area (Å²) in [6, 6.07) is 16.8. The maximum atomic E-state index is 12.9. The molecule has 0 aliphatic rings. The Bertz CT molecular complexity index is 766. The second kappa shape index (κ2) is 11.1. The number of carbonyl (C=O) groups is 2. The summed E-state index contributed by atoms with van der Waals surface area (Å²) in [4.78, 5) is 28.2. The molecule has 0 heterocycles. The van der Waals surface area contributed by atoms with Gasteiger partial charge in [-0.05, 0) is 50.6 Å². The molecule has 150 valence electrons. The van der Waals surface area contributed by atoms with E-state index in [2.05, 4.69) is 5.32 Å². The number of thioether (sulfide) groups is 1. The number of benzene rings is 2. The first-order chi connectivity index (χ1) is 13.4. The maximum Gasteiger partial charge on any atom is 0.242 e. The molecule has 2 aromatic carbocycles. The first kappa shape index (κ1) is 22.3. The summed E-state index contributed by atoms with van der Waals surface area (Å²) in [5.74, 6) is 0.483. The minimum atomic E-state index is -0.549.